The highest BCUT2D eigenvalue weighted by molar-refractivity contribution is 6.34. The van der Waals surface area contributed by atoms with Gasteiger partial charge in [-0.15, -0.1) is 10.2 Å². The maximum Gasteiger partial charge on any atom is 0.253 e. The molecule has 0 bridgehead atoms. The highest BCUT2D eigenvalue weighted by Gasteiger charge is 2.34. The summed E-state index contributed by atoms with van der Waals surface area (Å²) in [6.45, 7) is 4.64. The van der Waals surface area contributed by atoms with Gasteiger partial charge in [0.05, 0.1) is 27.2 Å². The minimum absolute atomic E-state index is 0.204. The number of carbonyl (C=O) groups is 1. The van der Waals surface area contributed by atoms with Gasteiger partial charge in [0.1, 0.15) is 18.5 Å². The molecule has 4 aromatic rings. The van der Waals surface area contributed by atoms with Gasteiger partial charge in [0.25, 0.3) is 5.91 Å². The monoisotopic (exact) mass is 454 g/mol. The van der Waals surface area contributed by atoms with Gasteiger partial charge in [-0.2, -0.15) is 0 Å². The highest BCUT2D eigenvalue weighted by atomic mass is 35.5. The average molecular weight is 455 g/mol. The van der Waals surface area contributed by atoms with Gasteiger partial charge in [0.15, 0.2) is 0 Å². The van der Waals surface area contributed by atoms with Gasteiger partial charge in [0.2, 0.25) is 0 Å². The summed E-state index contributed by atoms with van der Waals surface area (Å²) in [5.41, 5.74) is 3.70. The summed E-state index contributed by atoms with van der Waals surface area (Å²) in [5.74, 6) is 0.810. The molecule has 0 saturated heterocycles. The Morgan fingerprint density at radius 3 is 2.65 bits per heavy atom. The van der Waals surface area contributed by atoms with E-state index in [2.05, 4.69) is 27.0 Å². The quantitative estimate of drug-likeness (QED) is 0.498. The number of nitrogens with one attached hydrogen (secondary N) is 1. The molecule has 9 heteroatoms. The number of benzene rings is 2. The van der Waals surface area contributed by atoms with Crippen LogP contribution in [0, 0.1) is 6.92 Å². The molecule has 1 atom stereocenters. The summed E-state index contributed by atoms with van der Waals surface area (Å²) in [7, 11) is 0. The van der Waals surface area contributed by atoms with Crippen LogP contribution in [0.25, 0.3) is 16.7 Å². The number of rotatable bonds is 3. The fourth-order valence-electron chi connectivity index (χ4n) is 4.11. The van der Waals surface area contributed by atoms with Crippen LogP contribution < -0.4 is 5.32 Å². The zero-order valence-electron chi connectivity index (χ0n) is 17.1. The second kappa shape index (κ2) is 7.35. The second-order valence-corrected chi connectivity index (χ2v) is 9.07. The van der Waals surface area contributed by atoms with Gasteiger partial charge in [-0.1, -0.05) is 23.2 Å². The van der Waals surface area contributed by atoms with Gasteiger partial charge >= 0.3 is 0 Å². The fraction of sp³-hybridized carbons (Fsp3) is 0.273. The minimum atomic E-state index is -0.439. The third-order valence-corrected chi connectivity index (χ3v) is 6.56. The number of halogens is 2. The summed E-state index contributed by atoms with van der Waals surface area (Å²) in [6, 6.07) is 9.24. The Kier molecular flexibility index (Phi) is 4.75. The van der Waals surface area contributed by atoms with Gasteiger partial charge in [-0.3, -0.25) is 9.36 Å². The minimum Gasteiger partial charge on any atom is -0.345 e. The summed E-state index contributed by atoms with van der Waals surface area (Å²) >= 11 is 12.8. The molecule has 1 aliphatic rings. The van der Waals surface area contributed by atoms with Crippen molar-refractivity contribution in [3.8, 4) is 5.69 Å². The summed E-state index contributed by atoms with van der Waals surface area (Å²) in [4.78, 5) is 17.8. The van der Waals surface area contributed by atoms with Gasteiger partial charge < -0.3 is 9.88 Å². The normalized spacial score (nSPS) is 18.2. The summed E-state index contributed by atoms with van der Waals surface area (Å²) < 4.78 is 3.88. The van der Waals surface area contributed by atoms with E-state index in [0.717, 1.165) is 41.0 Å². The lowest BCUT2D eigenvalue weighted by atomic mass is 9.91. The number of imidazole rings is 1. The van der Waals surface area contributed by atoms with Crippen molar-refractivity contribution in [2.24, 2.45) is 0 Å². The standard InChI is InChI=1S/C22H20Cl2N6O/c1-13-7-18-19(9-16(13)23)30-10-22(2,6-5-20(30)27-18)28-21(31)15-4-3-14(8-17(15)24)29-11-25-26-12-29/h3-4,7-9,11-12H,5-6,10H2,1-2H3,(H,28,31)/t22-/m1/s1. The maximum absolute atomic E-state index is 13.1. The predicted octanol–water partition coefficient (Wildman–Crippen LogP) is 4.37. The van der Waals surface area contributed by atoms with E-state index in [-0.39, 0.29) is 5.91 Å². The molecular weight excluding hydrogens is 435 g/mol. The maximum atomic E-state index is 13.1. The Hall–Kier alpha value is -2.90. The Labute approximate surface area is 189 Å². The third kappa shape index (κ3) is 3.58. The second-order valence-electron chi connectivity index (χ2n) is 8.25. The van der Waals surface area contributed by atoms with Crippen LogP contribution in [0.5, 0.6) is 0 Å². The van der Waals surface area contributed by atoms with Crippen molar-refractivity contribution in [1.82, 2.24) is 29.6 Å². The van der Waals surface area contributed by atoms with Crippen LogP contribution in [0.2, 0.25) is 10.0 Å². The van der Waals surface area contributed by atoms with Crippen LogP contribution in [-0.2, 0) is 13.0 Å². The lowest BCUT2D eigenvalue weighted by Gasteiger charge is -2.35. The molecule has 2 aromatic carbocycles. The van der Waals surface area contributed by atoms with Crippen molar-refractivity contribution in [3.63, 3.8) is 0 Å². The number of nitrogens with zero attached hydrogens (tertiary/aromatic N) is 5. The van der Waals surface area contributed by atoms with Crippen LogP contribution in [0.1, 0.15) is 35.1 Å². The number of amides is 1. The van der Waals surface area contributed by atoms with E-state index in [4.69, 9.17) is 28.2 Å². The first-order chi connectivity index (χ1) is 14.8. The first-order valence-electron chi connectivity index (χ1n) is 9.95. The van der Waals surface area contributed by atoms with Crippen molar-refractivity contribution < 1.29 is 4.79 Å². The van der Waals surface area contributed by atoms with Crippen molar-refractivity contribution in [2.75, 3.05) is 0 Å². The molecule has 0 spiro atoms. The van der Waals surface area contributed by atoms with Crippen molar-refractivity contribution in [1.29, 1.82) is 0 Å². The van der Waals surface area contributed by atoms with E-state index in [0.29, 0.717) is 22.2 Å². The largest absolute Gasteiger partial charge is 0.345 e. The van der Waals surface area contributed by atoms with E-state index in [1.165, 1.54) is 0 Å². The molecule has 0 saturated carbocycles. The van der Waals surface area contributed by atoms with E-state index in [1.54, 1.807) is 29.4 Å². The molecule has 0 radical (unpaired) electrons. The molecule has 1 aliphatic heterocycles. The lowest BCUT2D eigenvalue weighted by molar-refractivity contribution is 0.0883. The Balaban J connectivity index is 1.40. The number of hydrogen-bond donors (Lipinski definition) is 1. The molecule has 0 fully saturated rings. The molecule has 2 aromatic heterocycles. The third-order valence-electron chi connectivity index (χ3n) is 5.84. The zero-order valence-corrected chi connectivity index (χ0v) is 18.6. The number of aryl methyl sites for hydroxylation is 2. The first-order valence-corrected chi connectivity index (χ1v) is 10.7. The lowest BCUT2D eigenvalue weighted by Crippen LogP contribution is -2.51. The van der Waals surface area contributed by atoms with E-state index < -0.39 is 5.54 Å². The fourth-order valence-corrected chi connectivity index (χ4v) is 4.53. The van der Waals surface area contributed by atoms with E-state index >= 15 is 0 Å². The van der Waals surface area contributed by atoms with Crippen LogP contribution >= 0.6 is 23.2 Å². The van der Waals surface area contributed by atoms with Gasteiger partial charge in [-0.05, 0) is 56.2 Å². The average Bonchev–Trinajstić information content (AvgIpc) is 3.36. The Morgan fingerprint density at radius 2 is 1.90 bits per heavy atom. The zero-order chi connectivity index (χ0) is 21.8. The first kappa shape index (κ1) is 20.0. The molecule has 5 rings (SSSR count). The molecule has 1 amide bonds. The predicted molar refractivity (Wildman–Crippen MR) is 120 cm³/mol. The smallest absolute Gasteiger partial charge is 0.253 e. The number of hydrogen-bond acceptors (Lipinski definition) is 4. The van der Waals surface area contributed by atoms with E-state index in [9.17, 15) is 4.79 Å². The summed E-state index contributed by atoms with van der Waals surface area (Å²) in [5, 5.41) is 11.9. The topological polar surface area (TPSA) is 77.6 Å². The molecule has 31 heavy (non-hydrogen) atoms. The molecule has 0 unspecified atom stereocenters. The van der Waals surface area contributed by atoms with Gasteiger partial charge in [-0.25, -0.2) is 4.98 Å². The number of carbonyl (C=O) groups excluding carboxylic acids is 1. The molecule has 7 nitrogen and oxygen atoms in total. The van der Waals surface area contributed by atoms with Crippen LogP contribution in [0.15, 0.2) is 43.0 Å². The van der Waals surface area contributed by atoms with Crippen LogP contribution in [0.4, 0.5) is 0 Å². The van der Waals surface area contributed by atoms with Crippen LogP contribution in [-0.4, -0.2) is 35.8 Å². The number of aromatic nitrogens is 5. The highest BCUT2D eigenvalue weighted by Crippen LogP contribution is 2.31. The van der Waals surface area contributed by atoms with Crippen molar-refractivity contribution in [2.45, 2.75) is 38.8 Å². The molecule has 3 heterocycles. The summed E-state index contributed by atoms with van der Waals surface area (Å²) in [6.07, 6.45) is 4.71. The Bertz CT molecular complexity index is 1310. The Morgan fingerprint density at radius 1 is 1.13 bits per heavy atom. The van der Waals surface area contributed by atoms with Crippen LogP contribution in [0.3, 0.4) is 0 Å². The molecular formula is C22H20Cl2N6O. The number of fused-ring (bicyclic) bond motifs is 3. The molecule has 1 N–H and O–H groups in total. The van der Waals surface area contributed by atoms with E-state index in [1.807, 2.05) is 25.1 Å². The van der Waals surface area contributed by atoms with Crippen molar-refractivity contribution in [3.05, 3.63) is 70.0 Å². The molecule has 0 aliphatic carbocycles. The van der Waals surface area contributed by atoms with Crippen molar-refractivity contribution >= 4 is 40.1 Å². The van der Waals surface area contributed by atoms with Gasteiger partial charge in [0, 0.05) is 23.7 Å². The molecule has 158 valence electrons. The SMILES string of the molecule is Cc1cc2nc3n(c2cc1Cl)C[C@](C)(NC(=O)c1ccc(-n2cnnc2)cc1Cl)CC3.